The van der Waals surface area contributed by atoms with Crippen LogP contribution >= 0.6 is 0 Å². The number of fused-ring (bicyclic) bond motifs is 9. The van der Waals surface area contributed by atoms with E-state index in [1.807, 2.05) is 14.1 Å². The van der Waals surface area contributed by atoms with Crippen molar-refractivity contribution in [1.82, 2.24) is 19.1 Å². The molecule has 0 amide bonds. The highest BCUT2D eigenvalue weighted by atomic mass is 16.6. The van der Waals surface area contributed by atoms with Gasteiger partial charge in [0.05, 0.1) is 12.7 Å². The Morgan fingerprint density at radius 2 is 1.30 bits per heavy atom. The summed E-state index contributed by atoms with van der Waals surface area (Å²) in [6, 6.07) is 0. The molecule has 2 aromatic heterocycles. The van der Waals surface area contributed by atoms with Crippen LogP contribution in [0.15, 0.2) is 25.0 Å². The second-order valence-corrected chi connectivity index (χ2v) is 9.64. The molecule has 0 aromatic carbocycles. The van der Waals surface area contributed by atoms with E-state index in [0.29, 0.717) is 23.2 Å². The third-order valence-electron chi connectivity index (χ3n) is 8.06. The summed E-state index contributed by atoms with van der Waals surface area (Å²) >= 11 is 0. The van der Waals surface area contributed by atoms with Crippen molar-refractivity contribution in [3.63, 3.8) is 0 Å². The minimum atomic E-state index is -0.438. The van der Waals surface area contributed by atoms with E-state index < -0.39 is 24.1 Å². The minimum absolute atomic E-state index is 0.268. The summed E-state index contributed by atoms with van der Waals surface area (Å²) in [6.07, 6.45) is 10.5. The molecule has 0 radical (unpaired) electrons. The van der Waals surface area contributed by atoms with Crippen molar-refractivity contribution >= 4 is 11.9 Å². The second kappa shape index (κ2) is 6.43. The molecule has 0 aliphatic heterocycles. The molecule has 4 fully saturated rings. The smallest absolute Gasteiger partial charge is 0.358 e. The molecular weight excluding hydrogens is 384 g/mol. The first-order valence-electron chi connectivity index (χ1n) is 10.9. The predicted octanol–water partition coefficient (Wildman–Crippen LogP) is 2.22. The van der Waals surface area contributed by atoms with Crippen LogP contribution in [0.5, 0.6) is 0 Å². The van der Waals surface area contributed by atoms with E-state index in [4.69, 9.17) is 9.47 Å². The first kappa shape index (κ1) is 18.2. The van der Waals surface area contributed by atoms with Gasteiger partial charge in [-0.05, 0) is 49.4 Å². The zero-order valence-corrected chi connectivity index (χ0v) is 17.2. The number of nitrogens with zero attached hydrogens (tertiary/aromatic N) is 4. The summed E-state index contributed by atoms with van der Waals surface area (Å²) < 4.78 is 15.4. The van der Waals surface area contributed by atoms with Crippen LogP contribution < -0.4 is 0 Å². The number of ether oxygens (including phenoxy) is 2. The lowest BCUT2D eigenvalue weighted by molar-refractivity contribution is -0.0894. The fraction of sp³-hybridized carbons (Fsp3) is 0.636. The lowest BCUT2D eigenvalue weighted by Crippen LogP contribution is -2.48. The molecule has 2 aromatic rings. The molecule has 8 heteroatoms. The van der Waals surface area contributed by atoms with Crippen LogP contribution in [0, 0.1) is 35.5 Å². The maximum absolute atomic E-state index is 12.8. The lowest BCUT2D eigenvalue weighted by Gasteiger charge is -2.41. The van der Waals surface area contributed by atoms with Crippen molar-refractivity contribution in [3.8, 4) is 0 Å². The maximum atomic E-state index is 12.8. The van der Waals surface area contributed by atoms with Gasteiger partial charge in [-0.1, -0.05) is 0 Å². The molecule has 8 unspecified atom stereocenters. The number of rotatable bonds is 4. The number of aryl methyl sites for hydroxylation is 2. The van der Waals surface area contributed by atoms with Gasteiger partial charge in [-0.25, -0.2) is 19.6 Å². The standard InChI is InChI=1S/C22H26N4O4/c1-25-7-15(23-9-25)21(27)29-19-13-6-14(18-12-4-3-11(5-12)17(13)18)20(19)30-22(28)16-8-26(2)10-24-16/h7-14,17-20H,3-6H2,1-2H3. The molecule has 0 N–H and O–H groups in total. The summed E-state index contributed by atoms with van der Waals surface area (Å²) in [6.45, 7) is 0. The van der Waals surface area contributed by atoms with Crippen molar-refractivity contribution in [3.05, 3.63) is 36.4 Å². The zero-order valence-electron chi connectivity index (χ0n) is 17.2. The van der Waals surface area contributed by atoms with Gasteiger partial charge in [0.1, 0.15) is 12.2 Å². The molecule has 4 saturated carbocycles. The lowest BCUT2D eigenvalue weighted by atomic mass is 9.69. The summed E-state index contributed by atoms with van der Waals surface area (Å²) in [4.78, 5) is 33.8. The Morgan fingerprint density at radius 3 is 1.70 bits per heavy atom. The van der Waals surface area contributed by atoms with Crippen LogP contribution in [0.1, 0.15) is 46.7 Å². The number of hydrogen-bond acceptors (Lipinski definition) is 6. The Bertz CT molecular complexity index is 934. The normalized spacial score (nSPS) is 38.1. The van der Waals surface area contributed by atoms with Crippen molar-refractivity contribution in [2.45, 2.75) is 37.9 Å². The minimum Gasteiger partial charge on any atom is -0.453 e. The molecule has 8 atom stereocenters. The highest BCUT2D eigenvalue weighted by Gasteiger charge is 2.68. The van der Waals surface area contributed by atoms with Gasteiger partial charge in [0, 0.05) is 38.3 Å². The maximum Gasteiger partial charge on any atom is 0.358 e. The molecular formula is C22H26N4O4. The van der Waals surface area contributed by atoms with Crippen molar-refractivity contribution in [1.29, 1.82) is 0 Å². The Labute approximate surface area is 174 Å². The number of imidazole rings is 2. The highest BCUT2D eigenvalue weighted by molar-refractivity contribution is 5.88. The number of aromatic nitrogens is 4. The van der Waals surface area contributed by atoms with Crippen LogP contribution in [-0.4, -0.2) is 43.2 Å². The molecule has 4 bridgehead atoms. The molecule has 30 heavy (non-hydrogen) atoms. The van der Waals surface area contributed by atoms with E-state index in [2.05, 4.69) is 9.97 Å². The van der Waals surface area contributed by atoms with Gasteiger partial charge >= 0.3 is 11.9 Å². The average molecular weight is 410 g/mol. The van der Waals surface area contributed by atoms with Crippen LogP contribution in [0.2, 0.25) is 0 Å². The van der Waals surface area contributed by atoms with E-state index in [1.165, 1.54) is 19.3 Å². The fourth-order valence-corrected chi connectivity index (χ4v) is 7.19. The number of carbonyl (C=O) groups excluding carboxylic acids is 2. The second-order valence-electron chi connectivity index (χ2n) is 9.64. The van der Waals surface area contributed by atoms with Crippen LogP contribution in [0.3, 0.4) is 0 Å². The largest absolute Gasteiger partial charge is 0.453 e. The third-order valence-corrected chi connectivity index (χ3v) is 8.06. The van der Waals surface area contributed by atoms with Crippen LogP contribution in [0.25, 0.3) is 0 Å². The Morgan fingerprint density at radius 1 is 0.833 bits per heavy atom. The van der Waals surface area contributed by atoms with Crippen LogP contribution in [0.4, 0.5) is 0 Å². The van der Waals surface area contributed by atoms with Gasteiger partial charge < -0.3 is 18.6 Å². The van der Waals surface area contributed by atoms with E-state index in [9.17, 15) is 9.59 Å². The molecule has 0 spiro atoms. The molecule has 6 rings (SSSR count). The van der Waals surface area contributed by atoms with Crippen LogP contribution in [-0.2, 0) is 23.6 Å². The van der Waals surface area contributed by atoms with Gasteiger partial charge in [-0.3, -0.25) is 0 Å². The first-order valence-corrected chi connectivity index (χ1v) is 10.9. The Balaban J connectivity index is 1.28. The summed E-state index contributed by atoms with van der Waals surface area (Å²) in [5, 5.41) is 0. The van der Waals surface area contributed by atoms with Crippen molar-refractivity contribution in [2.75, 3.05) is 0 Å². The molecule has 2 heterocycles. The van der Waals surface area contributed by atoms with Crippen molar-refractivity contribution < 1.29 is 19.1 Å². The topological polar surface area (TPSA) is 88.2 Å². The van der Waals surface area contributed by atoms with Gasteiger partial charge in [-0.15, -0.1) is 0 Å². The molecule has 0 saturated heterocycles. The van der Waals surface area contributed by atoms with Gasteiger partial charge in [0.2, 0.25) is 0 Å². The van der Waals surface area contributed by atoms with Gasteiger partial charge in [-0.2, -0.15) is 0 Å². The quantitative estimate of drug-likeness (QED) is 0.567. The summed E-state index contributed by atoms with van der Waals surface area (Å²) in [7, 11) is 3.64. The molecule has 158 valence electrons. The molecule has 8 nitrogen and oxygen atoms in total. The highest BCUT2D eigenvalue weighted by Crippen LogP contribution is 2.68. The van der Waals surface area contributed by atoms with E-state index in [1.54, 1.807) is 34.2 Å². The average Bonchev–Trinajstić information content (AvgIpc) is 3.52. The van der Waals surface area contributed by atoms with E-state index >= 15 is 0 Å². The molecule has 4 aliphatic rings. The molecule has 4 aliphatic carbocycles. The van der Waals surface area contributed by atoms with Gasteiger partial charge in [0.25, 0.3) is 0 Å². The summed E-state index contributed by atoms with van der Waals surface area (Å²) in [5.74, 6) is 2.32. The fourth-order valence-electron chi connectivity index (χ4n) is 7.19. The Kier molecular flexibility index (Phi) is 3.89. The number of esters is 2. The van der Waals surface area contributed by atoms with Crippen molar-refractivity contribution in [2.24, 2.45) is 49.6 Å². The van der Waals surface area contributed by atoms with Gasteiger partial charge in [0.15, 0.2) is 11.4 Å². The van der Waals surface area contributed by atoms with E-state index in [-0.39, 0.29) is 11.8 Å². The first-order chi connectivity index (χ1) is 14.5. The monoisotopic (exact) mass is 410 g/mol. The predicted molar refractivity (Wildman–Crippen MR) is 104 cm³/mol. The summed E-state index contributed by atoms with van der Waals surface area (Å²) in [5.41, 5.74) is 0.583. The zero-order chi connectivity index (χ0) is 20.6. The number of carbonyl (C=O) groups is 2. The third kappa shape index (κ3) is 2.58. The number of hydrogen-bond donors (Lipinski definition) is 0. The van der Waals surface area contributed by atoms with E-state index in [0.717, 1.165) is 18.3 Å². The Hall–Kier alpha value is -2.64. The SMILES string of the molecule is Cn1cnc(C(=O)OC2C3CC(C2OC(=O)c2cn(C)cn2)C2C4CCC(C4)C32)c1.